The van der Waals surface area contributed by atoms with E-state index in [9.17, 15) is 22.9 Å². The van der Waals surface area contributed by atoms with E-state index in [4.69, 9.17) is 0 Å². The molecule has 0 amide bonds. The van der Waals surface area contributed by atoms with Crippen LogP contribution < -0.4 is 0 Å². The van der Waals surface area contributed by atoms with Gasteiger partial charge in [-0.3, -0.25) is 10.1 Å². The molecule has 0 N–H and O–H groups in total. The highest BCUT2D eigenvalue weighted by Gasteiger charge is 2.35. The lowest BCUT2D eigenvalue weighted by Gasteiger charge is -2.21. The maximum Gasteiger partial charge on any atom is 0.274 e. The van der Waals surface area contributed by atoms with Crippen LogP contribution in [0.1, 0.15) is 16.6 Å². The number of thioether (sulfide) groups is 1. The first-order valence-electron chi connectivity index (χ1n) is 5.19. The van der Waals surface area contributed by atoms with Crippen LogP contribution in [0.15, 0.2) is 18.2 Å². The van der Waals surface area contributed by atoms with Crippen LogP contribution in [-0.4, -0.2) is 24.8 Å². The minimum Gasteiger partial charge on any atom is -0.258 e. The molecule has 18 heavy (non-hydrogen) atoms. The van der Waals surface area contributed by atoms with Gasteiger partial charge in [-0.25, -0.2) is 12.8 Å². The SMILES string of the molecule is O=[N+]([O-])c1ccc(F)cc1C1SCCCS1(=O)=O. The third-order valence-electron chi connectivity index (χ3n) is 2.61. The number of rotatable bonds is 2. The second kappa shape index (κ2) is 4.85. The van der Waals surface area contributed by atoms with Crippen molar-refractivity contribution in [3.8, 4) is 0 Å². The molecular weight excluding hydrogens is 281 g/mol. The Hall–Kier alpha value is -1.15. The molecule has 1 atom stereocenters. The van der Waals surface area contributed by atoms with Crippen molar-refractivity contribution >= 4 is 27.3 Å². The highest BCUT2D eigenvalue weighted by molar-refractivity contribution is 8.13. The molecule has 0 aromatic heterocycles. The smallest absolute Gasteiger partial charge is 0.258 e. The number of nitro benzene ring substituents is 1. The molecule has 1 heterocycles. The van der Waals surface area contributed by atoms with E-state index in [1.807, 2.05) is 0 Å². The van der Waals surface area contributed by atoms with Crippen LogP contribution in [0.5, 0.6) is 0 Å². The fraction of sp³-hybridized carbons (Fsp3) is 0.400. The van der Waals surface area contributed by atoms with Gasteiger partial charge < -0.3 is 0 Å². The summed E-state index contributed by atoms with van der Waals surface area (Å²) < 4.78 is 36.0. The third kappa shape index (κ3) is 2.49. The number of hydrogen-bond acceptors (Lipinski definition) is 5. The number of benzene rings is 1. The van der Waals surface area contributed by atoms with Crippen molar-refractivity contribution < 1.29 is 17.7 Å². The van der Waals surface area contributed by atoms with Crippen molar-refractivity contribution in [2.75, 3.05) is 11.5 Å². The lowest BCUT2D eigenvalue weighted by atomic mass is 10.2. The summed E-state index contributed by atoms with van der Waals surface area (Å²) in [7, 11) is -3.46. The summed E-state index contributed by atoms with van der Waals surface area (Å²) >= 11 is 1.10. The van der Waals surface area contributed by atoms with Crippen LogP contribution in [0.3, 0.4) is 0 Å². The molecule has 1 aromatic rings. The van der Waals surface area contributed by atoms with Gasteiger partial charge in [0, 0.05) is 6.07 Å². The second-order valence-electron chi connectivity index (χ2n) is 3.88. The molecule has 1 aromatic carbocycles. The van der Waals surface area contributed by atoms with Gasteiger partial charge >= 0.3 is 0 Å². The lowest BCUT2D eigenvalue weighted by molar-refractivity contribution is -0.385. The van der Waals surface area contributed by atoms with E-state index in [1.165, 1.54) is 0 Å². The largest absolute Gasteiger partial charge is 0.274 e. The monoisotopic (exact) mass is 291 g/mol. The third-order valence-corrected chi connectivity index (χ3v) is 6.74. The Morgan fingerprint density at radius 3 is 2.78 bits per heavy atom. The molecule has 1 saturated heterocycles. The summed E-state index contributed by atoms with van der Waals surface area (Å²) in [4.78, 5) is 10.2. The number of sulfone groups is 1. The zero-order valence-corrected chi connectivity index (χ0v) is 10.8. The summed E-state index contributed by atoms with van der Waals surface area (Å²) in [6.07, 6.45) is 0.520. The zero-order chi connectivity index (χ0) is 13.3. The van der Waals surface area contributed by atoms with E-state index < -0.39 is 25.2 Å². The molecular formula is C10H10FNO4S2. The molecule has 0 aliphatic carbocycles. The quantitative estimate of drug-likeness (QED) is 0.617. The van der Waals surface area contributed by atoms with Gasteiger partial charge in [-0.15, -0.1) is 11.8 Å². The minimum absolute atomic E-state index is 0.0155. The second-order valence-corrected chi connectivity index (χ2v) is 7.60. The first-order valence-corrected chi connectivity index (χ1v) is 7.95. The summed E-state index contributed by atoms with van der Waals surface area (Å²) in [5.74, 6) is -0.0902. The molecule has 1 aliphatic heterocycles. The van der Waals surface area contributed by atoms with Crippen molar-refractivity contribution in [1.29, 1.82) is 0 Å². The van der Waals surface area contributed by atoms with Gasteiger partial charge in [0.2, 0.25) is 0 Å². The number of nitrogens with zero attached hydrogens (tertiary/aromatic N) is 1. The van der Waals surface area contributed by atoms with E-state index in [1.54, 1.807) is 0 Å². The van der Waals surface area contributed by atoms with Gasteiger partial charge in [0.25, 0.3) is 5.69 Å². The van der Waals surface area contributed by atoms with E-state index in [0.717, 1.165) is 30.0 Å². The Morgan fingerprint density at radius 2 is 2.17 bits per heavy atom. The van der Waals surface area contributed by atoms with Crippen LogP contribution >= 0.6 is 11.8 Å². The Kier molecular flexibility index (Phi) is 3.58. The predicted molar refractivity (Wildman–Crippen MR) is 66.7 cm³/mol. The standard InChI is InChI=1S/C10H10FNO4S2/c11-7-2-3-9(12(13)14)8(6-7)10-17-4-1-5-18(10,15)16/h2-3,6,10H,1,4-5H2. The number of nitro groups is 1. The van der Waals surface area contributed by atoms with E-state index in [0.29, 0.717) is 12.2 Å². The summed E-state index contributed by atoms with van der Waals surface area (Å²) in [6.45, 7) is 0. The van der Waals surface area contributed by atoms with Crippen LogP contribution in [0, 0.1) is 15.9 Å². The molecule has 8 heteroatoms. The van der Waals surface area contributed by atoms with Gasteiger partial charge in [-0.2, -0.15) is 0 Å². The van der Waals surface area contributed by atoms with Crippen molar-refractivity contribution in [3.05, 3.63) is 39.7 Å². The molecule has 5 nitrogen and oxygen atoms in total. The topological polar surface area (TPSA) is 77.3 Å². The molecule has 0 spiro atoms. The van der Waals surface area contributed by atoms with Gasteiger partial charge in [-0.05, 0) is 24.3 Å². The average molecular weight is 291 g/mol. The van der Waals surface area contributed by atoms with Gasteiger partial charge in [0.15, 0.2) is 9.84 Å². The average Bonchev–Trinajstić information content (AvgIpc) is 2.27. The van der Waals surface area contributed by atoms with Crippen LogP contribution in [0.4, 0.5) is 10.1 Å². The molecule has 1 fully saturated rings. The molecule has 1 unspecified atom stereocenters. The highest BCUT2D eigenvalue weighted by Crippen LogP contribution is 2.42. The fourth-order valence-corrected chi connectivity index (χ4v) is 5.64. The zero-order valence-electron chi connectivity index (χ0n) is 9.21. The Bertz CT molecular complexity index is 588. The molecule has 0 radical (unpaired) electrons. The van der Waals surface area contributed by atoms with E-state index >= 15 is 0 Å². The molecule has 1 aliphatic rings. The number of halogens is 1. The molecule has 0 bridgehead atoms. The Balaban J connectivity index is 2.55. The van der Waals surface area contributed by atoms with Crippen LogP contribution in [-0.2, 0) is 9.84 Å². The van der Waals surface area contributed by atoms with E-state index in [-0.39, 0.29) is 17.0 Å². The van der Waals surface area contributed by atoms with Crippen molar-refractivity contribution in [2.24, 2.45) is 0 Å². The summed E-state index contributed by atoms with van der Waals surface area (Å²) in [5.41, 5.74) is -0.413. The highest BCUT2D eigenvalue weighted by atomic mass is 32.3. The van der Waals surface area contributed by atoms with Gasteiger partial charge in [0.1, 0.15) is 10.4 Å². The summed E-state index contributed by atoms with van der Waals surface area (Å²) in [6, 6.07) is 2.91. The van der Waals surface area contributed by atoms with Crippen molar-refractivity contribution in [2.45, 2.75) is 11.0 Å². The molecule has 0 saturated carbocycles. The van der Waals surface area contributed by atoms with Crippen molar-refractivity contribution in [1.82, 2.24) is 0 Å². The molecule has 2 rings (SSSR count). The lowest BCUT2D eigenvalue weighted by Crippen LogP contribution is -2.21. The first-order chi connectivity index (χ1) is 8.42. The maximum absolute atomic E-state index is 13.2. The first kappa shape index (κ1) is 13.3. The van der Waals surface area contributed by atoms with E-state index in [2.05, 4.69) is 0 Å². The summed E-state index contributed by atoms with van der Waals surface area (Å²) in [5, 5.41) is 10.9. The Labute approximate surface area is 107 Å². The normalized spacial score (nSPS) is 22.6. The molecule has 98 valence electrons. The minimum atomic E-state index is -3.46. The predicted octanol–water partition coefficient (Wildman–Crippen LogP) is 2.28. The number of hydrogen-bond donors (Lipinski definition) is 0. The van der Waals surface area contributed by atoms with Crippen LogP contribution in [0.25, 0.3) is 0 Å². The van der Waals surface area contributed by atoms with Gasteiger partial charge in [0.05, 0.1) is 16.2 Å². The van der Waals surface area contributed by atoms with Gasteiger partial charge in [-0.1, -0.05) is 0 Å². The Morgan fingerprint density at radius 1 is 1.44 bits per heavy atom. The van der Waals surface area contributed by atoms with Crippen molar-refractivity contribution in [3.63, 3.8) is 0 Å². The van der Waals surface area contributed by atoms with Crippen LogP contribution in [0.2, 0.25) is 0 Å². The maximum atomic E-state index is 13.2. The fourth-order valence-electron chi connectivity index (χ4n) is 1.82.